The third-order valence-electron chi connectivity index (χ3n) is 3.86. The molecule has 1 amide bonds. The monoisotopic (exact) mass is 399 g/mol. The predicted molar refractivity (Wildman–Crippen MR) is 110 cm³/mol. The van der Waals surface area contributed by atoms with Crippen molar-refractivity contribution >= 4 is 39.0 Å². The summed E-state index contributed by atoms with van der Waals surface area (Å²) < 4.78 is 17.0. The molecule has 28 heavy (non-hydrogen) atoms. The molecule has 0 unspecified atom stereocenters. The second-order valence-electron chi connectivity index (χ2n) is 5.96. The smallest absolute Gasteiger partial charge is 0.351 e. The van der Waals surface area contributed by atoms with Crippen molar-refractivity contribution in [3.05, 3.63) is 53.4 Å². The molecule has 0 atom stereocenters. The van der Waals surface area contributed by atoms with Crippen LogP contribution in [0.2, 0.25) is 0 Å². The number of methoxy groups -OCH3 is 1. The minimum absolute atomic E-state index is 0.0989. The van der Waals surface area contributed by atoms with E-state index in [0.29, 0.717) is 28.7 Å². The molecule has 3 rings (SSSR count). The van der Waals surface area contributed by atoms with E-state index >= 15 is 0 Å². The fraction of sp³-hybridized carbons (Fsp3) is 0.238. The topological polar surface area (TPSA) is 73.9 Å². The minimum Gasteiger partial charge on any atom is -0.491 e. The van der Waals surface area contributed by atoms with E-state index in [-0.39, 0.29) is 12.5 Å². The number of thiophene rings is 1. The number of anilines is 1. The molecule has 0 radical (unpaired) electrons. The fourth-order valence-corrected chi connectivity index (χ4v) is 3.64. The third kappa shape index (κ3) is 4.61. The molecule has 0 aliphatic carbocycles. The summed E-state index contributed by atoms with van der Waals surface area (Å²) in [6, 6.07) is 14.6. The molecular weight excluding hydrogens is 378 g/mol. The van der Waals surface area contributed by atoms with Crippen LogP contribution in [0, 0.1) is 0 Å². The lowest BCUT2D eigenvalue weighted by Gasteiger charge is -2.09. The molecular formula is C21H21NO5S. The van der Waals surface area contributed by atoms with Crippen molar-refractivity contribution in [2.45, 2.75) is 13.3 Å². The first-order chi connectivity index (χ1) is 13.6. The van der Waals surface area contributed by atoms with Gasteiger partial charge in [0.1, 0.15) is 5.75 Å². The molecule has 6 nitrogen and oxygen atoms in total. The van der Waals surface area contributed by atoms with Gasteiger partial charge in [0.25, 0.3) is 5.91 Å². The highest BCUT2D eigenvalue weighted by atomic mass is 32.1. The van der Waals surface area contributed by atoms with Gasteiger partial charge >= 0.3 is 5.97 Å². The van der Waals surface area contributed by atoms with E-state index in [2.05, 4.69) is 5.32 Å². The first kappa shape index (κ1) is 19.7. The van der Waals surface area contributed by atoms with Crippen LogP contribution in [-0.4, -0.2) is 32.2 Å². The number of fused-ring (bicyclic) bond motifs is 1. The second kappa shape index (κ2) is 9.23. The molecule has 0 fully saturated rings. The molecule has 7 heteroatoms. The number of para-hydroxylation sites is 1. The largest absolute Gasteiger partial charge is 0.491 e. The maximum atomic E-state index is 12.2. The normalized spacial score (nSPS) is 10.5. The van der Waals surface area contributed by atoms with Gasteiger partial charge in [-0.2, -0.15) is 0 Å². The first-order valence-corrected chi connectivity index (χ1v) is 9.69. The molecule has 1 N–H and O–H groups in total. The molecule has 0 aliphatic rings. The van der Waals surface area contributed by atoms with E-state index in [1.165, 1.54) is 18.4 Å². The number of amides is 1. The van der Waals surface area contributed by atoms with Crippen molar-refractivity contribution in [2.24, 2.45) is 0 Å². The Morgan fingerprint density at radius 1 is 1.07 bits per heavy atom. The Kier molecular flexibility index (Phi) is 6.49. The number of carbonyl (C=O) groups is 2. The Bertz CT molecular complexity index is 968. The van der Waals surface area contributed by atoms with Crippen LogP contribution in [0.5, 0.6) is 11.5 Å². The molecule has 2 aromatic carbocycles. The summed E-state index contributed by atoms with van der Waals surface area (Å²) >= 11 is 1.31. The molecule has 0 saturated heterocycles. The van der Waals surface area contributed by atoms with Crippen molar-refractivity contribution in [3.8, 4) is 11.5 Å². The van der Waals surface area contributed by atoms with Gasteiger partial charge in [-0.05, 0) is 36.8 Å². The van der Waals surface area contributed by atoms with E-state index in [1.807, 2.05) is 31.2 Å². The van der Waals surface area contributed by atoms with Crippen molar-refractivity contribution < 1.29 is 23.8 Å². The Balaban J connectivity index is 1.78. The van der Waals surface area contributed by atoms with Crippen LogP contribution in [0.4, 0.5) is 5.69 Å². The summed E-state index contributed by atoms with van der Waals surface area (Å²) in [7, 11) is 1.34. The molecule has 0 aliphatic heterocycles. The van der Waals surface area contributed by atoms with Crippen LogP contribution in [0.1, 0.15) is 23.0 Å². The van der Waals surface area contributed by atoms with Crippen LogP contribution in [0.15, 0.2) is 48.5 Å². The number of nitrogens with one attached hydrogen (secondary N) is 1. The van der Waals surface area contributed by atoms with Gasteiger partial charge in [-0.25, -0.2) is 4.79 Å². The van der Waals surface area contributed by atoms with Crippen molar-refractivity contribution in [1.29, 1.82) is 0 Å². The average Bonchev–Trinajstić information content (AvgIpc) is 3.08. The van der Waals surface area contributed by atoms with Gasteiger partial charge in [0.15, 0.2) is 17.2 Å². The molecule has 1 aromatic heterocycles. The summed E-state index contributed by atoms with van der Waals surface area (Å²) in [5, 5.41) is 3.57. The summed E-state index contributed by atoms with van der Waals surface area (Å²) in [6.45, 7) is 2.38. The zero-order chi connectivity index (χ0) is 19.9. The van der Waals surface area contributed by atoms with Crippen LogP contribution < -0.4 is 14.8 Å². The van der Waals surface area contributed by atoms with Crippen LogP contribution >= 0.6 is 11.3 Å². The zero-order valence-electron chi connectivity index (χ0n) is 15.7. The molecule has 0 saturated carbocycles. The van der Waals surface area contributed by atoms with Gasteiger partial charge < -0.3 is 19.5 Å². The second-order valence-corrected chi connectivity index (χ2v) is 7.01. The standard InChI is InChI=1S/C21H21NO5S/c1-3-11-26-19-16-12-14(9-10-17(16)28-20(19)21(24)25-2)22-18(23)13-27-15-7-5-4-6-8-15/h4-10,12H,3,11,13H2,1-2H3,(H,22,23). The van der Waals surface area contributed by atoms with Gasteiger partial charge in [0, 0.05) is 15.8 Å². The highest BCUT2D eigenvalue weighted by molar-refractivity contribution is 7.21. The predicted octanol–water partition coefficient (Wildman–Crippen LogP) is 4.49. The van der Waals surface area contributed by atoms with Gasteiger partial charge in [-0.15, -0.1) is 11.3 Å². The Morgan fingerprint density at radius 2 is 1.86 bits per heavy atom. The number of esters is 1. The van der Waals surface area contributed by atoms with Gasteiger partial charge in [0.05, 0.1) is 13.7 Å². The maximum Gasteiger partial charge on any atom is 0.351 e. The van der Waals surface area contributed by atoms with E-state index in [1.54, 1.807) is 24.3 Å². The van der Waals surface area contributed by atoms with Crippen LogP contribution in [0.3, 0.4) is 0 Å². The Hall–Kier alpha value is -3.06. The number of ether oxygens (including phenoxy) is 3. The number of rotatable bonds is 8. The number of carbonyl (C=O) groups excluding carboxylic acids is 2. The number of benzene rings is 2. The summed E-state index contributed by atoms with van der Waals surface area (Å²) in [5.41, 5.74) is 0.602. The molecule has 0 spiro atoms. The van der Waals surface area contributed by atoms with E-state index < -0.39 is 5.97 Å². The highest BCUT2D eigenvalue weighted by Gasteiger charge is 2.21. The van der Waals surface area contributed by atoms with E-state index in [9.17, 15) is 9.59 Å². The molecule has 3 aromatic rings. The summed E-state index contributed by atoms with van der Waals surface area (Å²) in [6.07, 6.45) is 0.811. The van der Waals surface area contributed by atoms with Gasteiger partial charge in [-0.1, -0.05) is 25.1 Å². The van der Waals surface area contributed by atoms with Crippen molar-refractivity contribution in [3.63, 3.8) is 0 Å². The number of hydrogen-bond donors (Lipinski definition) is 1. The number of hydrogen-bond acceptors (Lipinski definition) is 6. The Labute approximate surface area is 167 Å². The Morgan fingerprint density at radius 3 is 2.57 bits per heavy atom. The van der Waals surface area contributed by atoms with Crippen LogP contribution in [-0.2, 0) is 9.53 Å². The van der Waals surface area contributed by atoms with Crippen LogP contribution in [0.25, 0.3) is 10.1 Å². The zero-order valence-corrected chi connectivity index (χ0v) is 16.5. The van der Waals surface area contributed by atoms with E-state index in [0.717, 1.165) is 16.5 Å². The van der Waals surface area contributed by atoms with Crippen molar-refractivity contribution in [1.82, 2.24) is 0 Å². The maximum absolute atomic E-state index is 12.2. The quantitative estimate of drug-likeness (QED) is 0.565. The lowest BCUT2D eigenvalue weighted by Crippen LogP contribution is -2.20. The molecule has 0 bridgehead atoms. The molecule has 1 heterocycles. The van der Waals surface area contributed by atoms with Gasteiger partial charge in [0.2, 0.25) is 0 Å². The lowest BCUT2D eigenvalue weighted by atomic mass is 10.2. The van der Waals surface area contributed by atoms with E-state index in [4.69, 9.17) is 14.2 Å². The van der Waals surface area contributed by atoms with Gasteiger partial charge in [-0.3, -0.25) is 4.79 Å². The highest BCUT2D eigenvalue weighted by Crippen LogP contribution is 2.39. The SMILES string of the molecule is CCCOc1c(C(=O)OC)sc2ccc(NC(=O)COc3ccccc3)cc12. The molecule has 146 valence electrons. The third-order valence-corrected chi connectivity index (χ3v) is 4.99. The summed E-state index contributed by atoms with van der Waals surface area (Å²) in [4.78, 5) is 24.7. The minimum atomic E-state index is -0.436. The fourth-order valence-electron chi connectivity index (χ4n) is 2.59. The summed E-state index contributed by atoms with van der Waals surface area (Å²) in [5.74, 6) is 0.408. The van der Waals surface area contributed by atoms with Crippen molar-refractivity contribution in [2.75, 3.05) is 25.6 Å². The first-order valence-electron chi connectivity index (χ1n) is 8.87. The average molecular weight is 399 g/mol. The lowest BCUT2D eigenvalue weighted by molar-refractivity contribution is -0.118.